The van der Waals surface area contributed by atoms with E-state index < -0.39 is 10.7 Å². The summed E-state index contributed by atoms with van der Waals surface area (Å²) in [5.41, 5.74) is 0.566. The number of carbonyl (C=O) groups is 1. The van der Waals surface area contributed by atoms with E-state index in [1.165, 1.54) is 24.3 Å². The Bertz CT molecular complexity index is 771. The molecule has 0 saturated carbocycles. The van der Waals surface area contributed by atoms with Gasteiger partial charge in [-0.25, -0.2) is 0 Å². The molecule has 0 saturated heterocycles. The van der Waals surface area contributed by atoms with Crippen molar-refractivity contribution in [2.24, 2.45) is 0 Å². The number of nitro groups is 1. The Labute approximate surface area is 141 Å². The van der Waals surface area contributed by atoms with Crippen LogP contribution in [0.3, 0.4) is 0 Å². The molecule has 2 aromatic rings. The number of ketones is 1. The first-order valence-electron chi connectivity index (χ1n) is 6.91. The normalized spacial score (nSPS) is 10.7. The lowest BCUT2D eigenvalue weighted by atomic mass is 10.1. The first kappa shape index (κ1) is 16.9. The summed E-state index contributed by atoms with van der Waals surface area (Å²) in [4.78, 5) is 22.7. The zero-order chi connectivity index (χ0) is 16.8. The van der Waals surface area contributed by atoms with Crippen LogP contribution in [0, 0.1) is 10.1 Å². The molecule has 2 aromatic carbocycles. The predicted octanol–water partition coefficient (Wildman–Crippen LogP) is 4.65. The number of hydrogen-bond donors (Lipinski definition) is 0. The fraction of sp³-hybridized carbons (Fsp3) is 0.118. The highest BCUT2D eigenvalue weighted by atomic mass is 79.9. The van der Waals surface area contributed by atoms with E-state index in [4.69, 9.17) is 4.74 Å². The van der Waals surface area contributed by atoms with Crippen LogP contribution in [-0.2, 0) is 0 Å². The second-order valence-electron chi connectivity index (χ2n) is 4.59. The van der Waals surface area contributed by atoms with Crippen LogP contribution in [0.5, 0.6) is 5.75 Å². The van der Waals surface area contributed by atoms with Gasteiger partial charge in [-0.2, -0.15) is 0 Å². The Morgan fingerprint density at radius 2 is 2.04 bits per heavy atom. The number of allylic oxidation sites excluding steroid dienone is 1. The highest BCUT2D eigenvalue weighted by molar-refractivity contribution is 9.10. The first-order chi connectivity index (χ1) is 11.0. The van der Waals surface area contributed by atoms with Crippen molar-refractivity contribution in [3.63, 3.8) is 0 Å². The number of benzene rings is 2. The van der Waals surface area contributed by atoms with Crippen molar-refractivity contribution in [2.75, 3.05) is 6.61 Å². The lowest BCUT2D eigenvalue weighted by Gasteiger charge is -2.07. The topological polar surface area (TPSA) is 69.4 Å². The molecular weight excluding hydrogens is 362 g/mol. The summed E-state index contributed by atoms with van der Waals surface area (Å²) in [6.07, 6.45) is 2.90. The number of carbonyl (C=O) groups excluding carboxylic acids is 1. The minimum Gasteiger partial charge on any atom is -0.493 e. The van der Waals surface area contributed by atoms with Gasteiger partial charge in [0, 0.05) is 16.1 Å². The largest absolute Gasteiger partial charge is 0.493 e. The fourth-order valence-corrected chi connectivity index (χ4v) is 2.41. The van der Waals surface area contributed by atoms with Crippen LogP contribution in [-0.4, -0.2) is 17.3 Å². The number of hydrogen-bond acceptors (Lipinski definition) is 4. The van der Waals surface area contributed by atoms with Gasteiger partial charge in [-0.3, -0.25) is 14.9 Å². The molecule has 0 spiro atoms. The van der Waals surface area contributed by atoms with Gasteiger partial charge in [0.25, 0.3) is 5.69 Å². The minimum absolute atomic E-state index is 0.0571. The van der Waals surface area contributed by atoms with Crippen LogP contribution in [0.1, 0.15) is 22.8 Å². The molecule has 6 heteroatoms. The molecule has 2 rings (SSSR count). The monoisotopic (exact) mass is 375 g/mol. The van der Waals surface area contributed by atoms with Crippen molar-refractivity contribution in [1.29, 1.82) is 0 Å². The molecule has 0 fully saturated rings. The van der Waals surface area contributed by atoms with E-state index >= 15 is 0 Å². The van der Waals surface area contributed by atoms with E-state index in [2.05, 4.69) is 15.9 Å². The third kappa shape index (κ3) is 4.26. The van der Waals surface area contributed by atoms with Crippen LogP contribution in [0.4, 0.5) is 5.69 Å². The van der Waals surface area contributed by atoms with Gasteiger partial charge in [0.1, 0.15) is 5.75 Å². The molecule has 0 N–H and O–H groups in total. The van der Waals surface area contributed by atoms with E-state index in [1.807, 2.05) is 19.1 Å². The predicted molar refractivity (Wildman–Crippen MR) is 91.8 cm³/mol. The third-order valence-electron chi connectivity index (χ3n) is 3.05. The van der Waals surface area contributed by atoms with Crippen LogP contribution < -0.4 is 4.74 Å². The van der Waals surface area contributed by atoms with Crippen LogP contribution in [0.15, 0.2) is 53.0 Å². The Kier molecular flexibility index (Phi) is 5.65. The number of nitro benzene ring substituents is 1. The average molecular weight is 376 g/mol. The number of rotatable bonds is 6. The molecule has 0 aliphatic rings. The number of ether oxygens (including phenoxy) is 1. The maximum absolute atomic E-state index is 12.3. The first-order valence-corrected chi connectivity index (χ1v) is 7.70. The molecule has 0 atom stereocenters. The second-order valence-corrected chi connectivity index (χ2v) is 5.50. The van der Waals surface area contributed by atoms with Crippen LogP contribution in [0.25, 0.3) is 6.08 Å². The van der Waals surface area contributed by atoms with Crippen molar-refractivity contribution in [2.45, 2.75) is 6.92 Å². The number of halogens is 1. The molecule has 0 unspecified atom stereocenters. The third-order valence-corrected chi connectivity index (χ3v) is 3.55. The van der Waals surface area contributed by atoms with Crippen LogP contribution in [0.2, 0.25) is 0 Å². The van der Waals surface area contributed by atoms with Gasteiger partial charge in [0.15, 0.2) is 5.78 Å². The molecule has 118 valence electrons. The van der Waals surface area contributed by atoms with Crippen molar-refractivity contribution >= 4 is 33.5 Å². The lowest BCUT2D eigenvalue weighted by molar-refractivity contribution is -0.385. The van der Waals surface area contributed by atoms with Crippen molar-refractivity contribution < 1.29 is 14.5 Å². The molecule has 0 aliphatic heterocycles. The van der Waals surface area contributed by atoms with Gasteiger partial charge in [0.05, 0.1) is 17.1 Å². The van der Waals surface area contributed by atoms with E-state index in [0.717, 1.165) is 4.47 Å². The summed E-state index contributed by atoms with van der Waals surface area (Å²) in [5.74, 6) is 0.210. The van der Waals surface area contributed by atoms with Crippen molar-refractivity contribution in [3.8, 4) is 5.75 Å². The smallest absolute Gasteiger partial charge is 0.280 e. The molecule has 0 bridgehead atoms. The highest BCUT2D eigenvalue weighted by Crippen LogP contribution is 2.25. The molecule has 0 heterocycles. The van der Waals surface area contributed by atoms with E-state index in [-0.39, 0.29) is 11.3 Å². The molecule has 0 radical (unpaired) electrons. The van der Waals surface area contributed by atoms with Gasteiger partial charge in [0.2, 0.25) is 0 Å². The highest BCUT2D eigenvalue weighted by Gasteiger charge is 2.17. The van der Waals surface area contributed by atoms with Crippen molar-refractivity contribution in [3.05, 3.63) is 74.3 Å². The molecule has 0 aliphatic carbocycles. The van der Waals surface area contributed by atoms with Gasteiger partial charge in [-0.05, 0) is 43.3 Å². The molecule has 0 aromatic heterocycles. The summed E-state index contributed by atoms with van der Waals surface area (Å²) in [6, 6.07) is 11.3. The average Bonchev–Trinajstić information content (AvgIpc) is 2.54. The zero-order valence-electron chi connectivity index (χ0n) is 12.4. The van der Waals surface area contributed by atoms with Crippen molar-refractivity contribution in [1.82, 2.24) is 0 Å². The summed E-state index contributed by atoms with van der Waals surface area (Å²) in [6.45, 7) is 2.37. The molecule has 0 amide bonds. The standard InChI is InChI=1S/C17H14BrNO4/c1-2-23-17-10-8-13(18)11-12(17)7-9-16(20)14-5-3-4-6-15(14)19(21)22/h3-11H,2H2,1H3/b9-7+. The maximum atomic E-state index is 12.3. The second kappa shape index (κ2) is 7.69. The van der Waals surface area contributed by atoms with Gasteiger partial charge < -0.3 is 4.74 Å². The minimum atomic E-state index is -0.564. The summed E-state index contributed by atoms with van der Waals surface area (Å²) < 4.78 is 6.35. The van der Waals surface area contributed by atoms with E-state index in [1.54, 1.807) is 18.2 Å². The molecule has 5 nitrogen and oxygen atoms in total. The summed E-state index contributed by atoms with van der Waals surface area (Å²) >= 11 is 3.37. The Morgan fingerprint density at radius 3 is 2.74 bits per heavy atom. The zero-order valence-corrected chi connectivity index (χ0v) is 13.9. The van der Waals surface area contributed by atoms with Gasteiger partial charge in [-0.15, -0.1) is 0 Å². The number of para-hydroxylation sites is 1. The van der Waals surface area contributed by atoms with Gasteiger partial charge in [-0.1, -0.05) is 28.1 Å². The Morgan fingerprint density at radius 1 is 1.30 bits per heavy atom. The molecular formula is C17H14BrNO4. The summed E-state index contributed by atoms with van der Waals surface area (Å²) in [5, 5.41) is 11.0. The maximum Gasteiger partial charge on any atom is 0.280 e. The lowest BCUT2D eigenvalue weighted by Crippen LogP contribution is -2.01. The molecule has 23 heavy (non-hydrogen) atoms. The number of nitrogens with zero attached hydrogens (tertiary/aromatic N) is 1. The van der Waals surface area contributed by atoms with Crippen LogP contribution >= 0.6 is 15.9 Å². The Hall–Kier alpha value is -2.47. The van der Waals surface area contributed by atoms with E-state index in [0.29, 0.717) is 17.9 Å². The fourth-order valence-electron chi connectivity index (χ4n) is 2.03. The quantitative estimate of drug-likeness (QED) is 0.318. The summed E-state index contributed by atoms with van der Waals surface area (Å²) in [7, 11) is 0. The van der Waals surface area contributed by atoms with Gasteiger partial charge >= 0.3 is 0 Å². The van der Waals surface area contributed by atoms with E-state index in [9.17, 15) is 14.9 Å². The Balaban J connectivity index is 2.32. The SMILES string of the molecule is CCOc1ccc(Br)cc1/C=C/C(=O)c1ccccc1[N+](=O)[O-].